The quantitative estimate of drug-likeness (QED) is 0.342. The van der Waals surface area contributed by atoms with Gasteiger partial charge in [0.25, 0.3) is 0 Å². The molecule has 156 valence electrons. The Hall–Kier alpha value is -2.91. The molecule has 0 amide bonds. The van der Waals surface area contributed by atoms with Crippen LogP contribution < -0.4 is 0 Å². The molecule has 31 heavy (non-hydrogen) atoms. The van der Waals surface area contributed by atoms with Crippen LogP contribution in [0.15, 0.2) is 59.6 Å². The maximum Gasteiger partial charge on any atom is 0.0972 e. The zero-order chi connectivity index (χ0) is 22.3. The van der Waals surface area contributed by atoms with Crippen LogP contribution >= 0.6 is 12.6 Å². The van der Waals surface area contributed by atoms with Crippen LogP contribution in [-0.4, -0.2) is 9.97 Å². The van der Waals surface area contributed by atoms with Crippen LogP contribution in [0.2, 0.25) is 0 Å². The minimum absolute atomic E-state index is 0.885. The summed E-state index contributed by atoms with van der Waals surface area (Å²) in [6.45, 7) is 12.7. The zero-order valence-corrected chi connectivity index (χ0v) is 19.9. The van der Waals surface area contributed by atoms with E-state index in [2.05, 4.69) is 103 Å². The molecule has 0 radical (unpaired) electrons. The van der Waals surface area contributed by atoms with Crippen molar-refractivity contribution in [1.29, 1.82) is 0 Å². The molecule has 0 aliphatic heterocycles. The minimum Gasteiger partial charge on any atom is -0.252 e. The second-order valence-corrected chi connectivity index (χ2v) is 9.14. The highest BCUT2D eigenvalue weighted by Crippen LogP contribution is 2.34. The molecule has 0 aliphatic rings. The molecule has 3 aromatic carbocycles. The Kier molecular flexibility index (Phi) is 5.72. The highest BCUT2D eigenvalue weighted by Gasteiger charge is 2.16. The Morgan fingerprint density at radius 3 is 1.65 bits per heavy atom. The summed E-state index contributed by atoms with van der Waals surface area (Å²) in [5.41, 5.74) is 13.2. The van der Waals surface area contributed by atoms with E-state index in [-0.39, 0.29) is 0 Å². The standard InChI is InChI=1S/C28H28N2S/c1-16-7-17(2)10-22(9-16)27-28(23-11-18(3)8-19(4)12-23)30-25(15-29-27)24-13-21(6)26(31)14-20(24)5/h7-15,31H,1-6H3. The second kappa shape index (κ2) is 8.32. The zero-order valence-electron chi connectivity index (χ0n) is 19.0. The molecule has 1 heterocycles. The van der Waals surface area contributed by atoms with E-state index in [1.54, 1.807) is 0 Å². The normalized spacial score (nSPS) is 11.1. The van der Waals surface area contributed by atoms with Crippen molar-refractivity contribution in [3.05, 3.63) is 88.1 Å². The van der Waals surface area contributed by atoms with Gasteiger partial charge < -0.3 is 0 Å². The lowest BCUT2D eigenvalue weighted by molar-refractivity contribution is 1.18. The van der Waals surface area contributed by atoms with Crippen molar-refractivity contribution < 1.29 is 0 Å². The maximum absolute atomic E-state index is 5.18. The maximum atomic E-state index is 5.18. The van der Waals surface area contributed by atoms with Crippen molar-refractivity contribution >= 4 is 12.6 Å². The summed E-state index contributed by atoms with van der Waals surface area (Å²) in [5, 5.41) is 0. The number of thiol groups is 1. The number of hydrogen-bond acceptors (Lipinski definition) is 3. The van der Waals surface area contributed by atoms with Crippen molar-refractivity contribution in [3.63, 3.8) is 0 Å². The molecule has 3 heteroatoms. The van der Waals surface area contributed by atoms with Crippen molar-refractivity contribution in [2.75, 3.05) is 0 Å². The topological polar surface area (TPSA) is 25.8 Å². The third-order valence-corrected chi connectivity index (χ3v) is 6.06. The number of nitrogens with zero attached hydrogens (tertiary/aromatic N) is 2. The fourth-order valence-corrected chi connectivity index (χ4v) is 4.49. The molecule has 1 aromatic heterocycles. The third kappa shape index (κ3) is 4.42. The Balaban J connectivity index is 2.00. The summed E-state index contributed by atoms with van der Waals surface area (Å²) in [4.78, 5) is 11.1. The molecule has 0 unspecified atom stereocenters. The number of benzene rings is 3. The van der Waals surface area contributed by atoms with Gasteiger partial charge in [0.1, 0.15) is 0 Å². The Morgan fingerprint density at radius 2 is 1.10 bits per heavy atom. The van der Waals surface area contributed by atoms with E-state index in [0.717, 1.165) is 49.8 Å². The molecule has 2 nitrogen and oxygen atoms in total. The van der Waals surface area contributed by atoms with Gasteiger partial charge in [-0.15, -0.1) is 12.6 Å². The average Bonchev–Trinajstić information content (AvgIpc) is 2.69. The van der Waals surface area contributed by atoms with Crippen molar-refractivity contribution in [2.45, 2.75) is 46.4 Å². The van der Waals surface area contributed by atoms with E-state index < -0.39 is 0 Å². The van der Waals surface area contributed by atoms with Crippen molar-refractivity contribution in [3.8, 4) is 33.8 Å². The summed E-state index contributed by atoms with van der Waals surface area (Å²) in [6, 6.07) is 17.4. The highest BCUT2D eigenvalue weighted by atomic mass is 32.1. The van der Waals surface area contributed by atoms with Crippen LogP contribution in [0.5, 0.6) is 0 Å². The van der Waals surface area contributed by atoms with E-state index in [0.29, 0.717) is 0 Å². The van der Waals surface area contributed by atoms with Crippen LogP contribution in [0.4, 0.5) is 0 Å². The summed E-state index contributed by atoms with van der Waals surface area (Å²) in [5.74, 6) is 0. The number of rotatable bonds is 3. The van der Waals surface area contributed by atoms with E-state index in [4.69, 9.17) is 9.97 Å². The molecule has 0 aliphatic carbocycles. The van der Waals surface area contributed by atoms with Crippen molar-refractivity contribution in [1.82, 2.24) is 9.97 Å². The molecule has 4 aromatic rings. The smallest absolute Gasteiger partial charge is 0.0972 e. The van der Waals surface area contributed by atoms with Gasteiger partial charge in [0, 0.05) is 21.6 Å². The van der Waals surface area contributed by atoms with E-state index in [1.807, 2.05) is 6.20 Å². The lowest BCUT2D eigenvalue weighted by Crippen LogP contribution is -1.99. The Morgan fingerprint density at radius 1 is 0.581 bits per heavy atom. The van der Waals surface area contributed by atoms with Crippen molar-refractivity contribution in [2.24, 2.45) is 0 Å². The third-order valence-electron chi connectivity index (χ3n) is 5.58. The van der Waals surface area contributed by atoms with Gasteiger partial charge in [-0.25, -0.2) is 4.98 Å². The van der Waals surface area contributed by atoms with Crippen LogP contribution in [0, 0.1) is 41.5 Å². The average molecular weight is 425 g/mol. The van der Waals surface area contributed by atoms with Gasteiger partial charge in [-0.05, 0) is 89.1 Å². The molecule has 0 bridgehead atoms. The summed E-state index contributed by atoms with van der Waals surface area (Å²) in [6.07, 6.45) is 1.90. The summed E-state index contributed by atoms with van der Waals surface area (Å²) in [7, 11) is 0. The fraction of sp³-hybridized carbons (Fsp3) is 0.214. The first kappa shape index (κ1) is 21.3. The molecule has 4 rings (SSSR count). The number of hydrogen-bond donors (Lipinski definition) is 1. The molecule has 0 saturated heterocycles. The van der Waals surface area contributed by atoms with Gasteiger partial charge in [-0.2, -0.15) is 0 Å². The first-order valence-electron chi connectivity index (χ1n) is 10.6. The lowest BCUT2D eigenvalue weighted by Gasteiger charge is -2.15. The minimum atomic E-state index is 0.885. The molecule has 0 atom stereocenters. The number of aromatic nitrogens is 2. The summed E-state index contributed by atoms with van der Waals surface area (Å²) < 4.78 is 0. The summed E-state index contributed by atoms with van der Waals surface area (Å²) >= 11 is 4.57. The SMILES string of the molecule is Cc1cc(C)cc(-c2ncc(-c3cc(C)c(S)cc3C)nc2-c2cc(C)cc(C)c2)c1. The molecular formula is C28H28N2S. The molecule has 0 fully saturated rings. The second-order valence-electron chi connectivity index (χ2n) is 8.66. The first-order valence-corrected chi connectivity index (χ1v) is 11.0. The first-order chi connectivity index (χ1) is 14.7. The van der Waals surface area contributed by atoms with Gasteiger partial charge in [-0.1, -0.05) is 34.4 Å². The Labute approximate surface area is 190 Å². The van der Waals surface area contributed by atoms with Gasteiger partial charge in [0.15, 0.2) is 0 Å². The van der Waals surface area contributed by atoms with E-state index >= 15 is 0 Å². The predicted molar refractivity (Wildman–Crippen MR) is 134 cm³/mol. The fourth-order valence-electron chi connectivity index (χ4n) is 4.23. The highest BCUT2D eigenvalue weighted by molar-refractivity contribution is 7.80. The van der Waals surface area contributed by atoms with Gasteiger partial charge in [0.05, 0.1) is 23.3 Å². The predicted octanol–water partition coefficient (Wildman–Crippen LogP) is 7.62. The van der Waals surface area contributed by atoms with Crippen LogP contribution in [-0.2, 0) is 0 Å². The Bertz CT molecular complexity index is 1260. The molecular weight excluding hydrogens is 396 g/mol. The number of aryl methyl sites for hydroxylation is 6. The van der Waals surface area contributed by atoms with Crippen LogP contribution in [0.3, 0.4) is 0 Å². The van der Waals surface area contributed by atoms with Gasteiger partial charge in [-0.3, -0.25) is 4.98 Å². The molecule has 0 spiro atoms. The molecule has 0 N–H and O–H groups in total. The van der Waals surface area contributed by atoms with Crippen LogP contribution in [0.1, 0.15) is 33.4 Å². The lowest BCUT2D eigenvalue weighted by atomic mass is 9.97. The van der Waals surface area contributed by atoms with Gasteiger partial charge >= 0.3 is 0 Å². The van der Waals surface area contributed by atoms with Crippen LogP contribution in [0.25, 0.3) is 33.8 Å². The monoisotopic (exact) mass is 424 g/mol. The van der Waals surface area contributed by atoms with E-state index in [1.165, 1.54) is 22.3 Å². The largest absolute Gasteiger partial charge is 0.252 e. The van der Waals surface area contributed by atoms with E-state index in [9.17, 15) is 0 Å². The van der Waals surface area contributed by atoms with Gasteiger partial charge in [0.2, 0.25) is 0 Å². The molecule has 0 saturated carbocycles.